The second-order valence-corrected chi connectivity index (χ2v) is 3.43. The first-order valence-corrected chi connectivity index (χ1v) is 5.32. The standard InChI is InChI=1S/C10H11NO2S/c1-11-9(12)7-3-5-8(6-4-7)10(13)14-2/h3-6H,1-2H3,(H,11,12). The van der Waals surface area contributed by atoms with Gasteiger partial charge >= 0.3 is 0 Å². The highest BCUT2D eigenvalue weighted by atomic mass is 32.2. The van der Waals surface area contributed by atoms with Crippen LogP contribution in [0.4, 0.5) is 0 Å². The van der Waals surface area contributed by atoms with Crippen LogP contribution in [0.1, 0.15) is 20.7 Å². The van der Waals surface area contributed by atoms with E-state index >= 15 is 0 Å². The number of hydrogen-bond donors (Lipinski definition) is 1. The van der Waals surface area contributed by atoms with Crippen molar-refractivity contribution in [1.29, 1.82) is 0 Å². The van der Waals surface area contributed by atoms with Gasteiger partial charge in [-0.25, -0.2) is 0 Å². The molecule has 0 saturated heterocycles. The van der Waals surface area contributed by atoms with Crippen LogP contribution >= 0.6 is 11.8 Å². The molecule has 1 aromatic carbocycles. The first-order valence-electron chi connectivity index (χ1n) is 4.09. The van der Waals surface area contributed by atoms with Gasteiger partial charge in [-0.2, -0.15) is 0 Å². The lowest BCUT2D eigenvalue weighted by molar-refractivity contribution is 0.0962. The van der Waals surface area contributed by atoms with E-state index in [-0.39, 0.29) is 11.0 Å². The minimum atomic E-state index is -0.145. The number of thioether (sulfide) groups is 1. The Bertz CT molecular complexity index is 311. The molecule has 0 aliphatic rings. The summed E-state index contributed by atoms with van der Waals surface area (Å²) in [6.45, 7) is 0. The Morgan fingerprint density at radius 1 is 1.14 bits per heavy atom. The lowest BCUT2D eigenvalue weighted by atomic mass is 10.1. The van der Waals surface area contributed by atoms with Crippen LogP contribution in [-0.2, 0) is 0 Å². The highest BCUT2D eigenvalue weighted by Gasteiger charge is 2.06. The van der Waals surface area contributed by atoms with Crippen molar-refractivity contribution in [1.82, 2.24) is 5.32 Å². The Balaban J connectivity index is 2.89. The summed E-state index contributed by atoms with van der Waals surface area (Å²) in [7, 11) is 1.57. The summed E-state index contributed by atoms with van der Waals surface area (Å²) < 4.78 is 0. The molecule has 0 radical (unpaired) electrons. The lowest BCUT2D eigenvalue weighted by Gasteiger charge is -2.00. The average Bonchev–Trinajstić information content (AvgIpc) is 2.27. The van der Waals surface area contributed by atoms with Crippen LogP contribution in [0.25, 0.3) is 0 Å². The third-order valence-corrected chi connectivity index (χ3v) is 2.40. The van der Waals surface area contributed by atoms with Crippen LogP contribution in [0.3, 0.4) is 0 Å². The van der Waals surface area contributed by atoms with Crippen molar-refractivity contribution in [2.75, 3.05) is 13.3 Å². The van der Waals surface area contributed by atoms with Crippen molar-refractivity contribution in [2.24, 2.45) is 0 Å². The van der Waals surface area contributed by atoms with E-state index in [0.29, 0.717) is 11.1 Å². The number of carbonyl (C=O) groups is 2. The molecule has 0 aliphatic carbocycles. The number of benzene rings is 1. The van der Waals surface area contributed by atoms with Gasteiger partial charge in [-0.15, -0.1) is 0 Å². The quantitative estimate of drug-likeness (QED) is 0.803. The smallest absolute Gasteiger partial charge is 0.251 e. The minimum absolute atomic E-state index is 0.00783. The van der Waals surface area contributed by atoms with E-state index < -0.39 is 0 Å². The topological polar surface area (TPSA) is 46.2 Å². The Morgan fingerprint density at radius 3 is 2.07 bits per heavy atom. The van der Waals surface area contributed by atoms with E-state index in [1.807, 2.05) is 0 Å². The van der Waals surface area contributed by atoms with E-state index in [1.165, 1.54) is 0 Å². The van der Waals surface area contributed by atoms with Crippen LogP contribution in [-0.4, -0.2) is 24.3 Å². The fourth-order valence-corrected chi connectivity index (χ4v) is 1.39. The van der Waals surface area contributed by atoms with Crippen LogP contribution in [0.15, 0.2) is 24.3 Å². The molecule has 0 aliphatic heterocycles. The molecule has 0 aromatic heterocycles. The summed E-state index contributed by atoms with van der Waals surface area (Å²) in [6.07, 6.45) is 1.73. The predicted octanol–water partition coefficient (Wildman–Crippen LogP) is 1.55. The summed E-state index contributed by atoms with van der Waals surface area (Å²) >= 11 is 1.16. The number of carbonyl (C=O) groups excluding carboxylic acids is 2. The third-order valence-electron chi connectivity index (χ3n) is 1.80. The zero-order valence-electron chi connectivity index (χ0n) is 8.03. The Kier molecular flexibility index (Phi) is 3.71. The van der Waals surface area contributed by atoms with E-state index in [9.17, 15) is 9.59 Å². The monoisotopic (exact) mass is 209 g/mol. The molecule has 0 unspecified atom stereocenters. The minimum Gasteiger partial charge on any atom is -0.355 e. The van der Waals surface area contributed by atoms with Crippen molar-refractivity contribution in [3.8, 4) is 0 Å². The van der Waals surface area contributed by atoms with Gasteiger partial charge in [0, 0.05) is 18.2 Å². The fourth-order valence-electron chi connectivity index (χ4n) is 1.02. The molecule has 0 saturated carbocycles. The number of amides is 1. The molecule has 4 heteroatoms. The molecule has 0 heterocycles. The molecule has 1 N–H and O–H groups in total. The largest absolute Gasteiger partial charge is 0.355 e. The molecule has 0 spiro atoms. The molecule has 74 valence electrons. The summed E-state index contributed by atoms with van der Waals surface area (Å²) in [4.78, 5) is 22.4. The zero-order valence-corrected chi connectivity index (χ0v) is 8.85. The van der Waals surface area contributed by atoms with Gasteiger partial charge in [0.05, 0.1) is 0 Å². The van der Waals surface area contributed by atoms with E-state index in [2.05, 4.69) is 5.32 Å². The summed E-state index contributed by atoms with van der Waals surface area (Å²) in [5.41, 5.74) is 1.18. The van der Waals surface area contributed by atoms with Crippen LogP contribution in [0.5, 0.6) is 0 Å². The van der Waals surface area contributed by atoms with Gasteiger partial charge in [-0.3, -0.25) is 9.59 Å². The first kappa shape index (κ1) is 10.8. The Hall–Kier alpha value is -1.29. The fraction of sp³-hybridized carbons (Fsp3) is 0.200. The number of nitrogens with one attached hydrogen (secondary N) is 1. The maximum Gasteiger partial charge on any atom is 0.251 e. The van der Waals surface area contributed by atoms with Crippen LogP contribution in [0.2, 0.25) is 0 Å². The maximum absolute atomic E-state index is 11.2. The van der Waals surface area contributed by atoms with Gasteiger partial charge in [0.25, 0.3) is 5.91 Å². The summed E-state index contributed by atoms with van der Waals surface area (Å²) in [5, 5.41) is 2.52. The molecular weight excluding hydrogens is 198 g/mol. The normalized spacial score (nSPS) is 9.57. The van der Waals surface area contributed by atoms with Gasteiger partial charge in [-0.05, 0) is 30.5 Å². The summed E-state index contributed by atoms with van der Waals surface area (Å²) in [5.74, 6) is -0.145. The average molecular weight is 209 g/mol. The number of hydrogen-bond acceptors (Lipinski definition) is 3. The van der Waals surface area contributed by atoms with Crippen molar-refractivity contribution in [2.45, 2.75) is 0 Å². The number of rotatable bonds is 2. The van der Waals surface area contributed by atoms with Crippen LogP contribution < -0.4 is 5.32 Å². The summed E-state index contributed by atoms with van der Waals surface area (Å²) in [6, 6.07) is 6.59. The second-order valence-electron chi connectivity index (χ2n) is 2.65. The maximum atomic E-state index is 11.2. The molecule has 1 rings (SSSR count). The van der Waals surface area contributed by atoms with Gasteiger partial charge in [0.15, 0.2) is 0 Å². The molecule has 0 fully saturated rings. The van der Waals surface area contributed by atoms with Crippen molar-refractivity contribution in [3.63, 3.8) is 0 Å². The molecule has 14 heavy (non-hydrogen) atoms. The van der Waals surface area contributed by atoms with Gasteiger partial charge in [-0.1, -0.05) is 11.8 Å². The van der Waals surface area contributed by atoms with Crippen molar-refractivity contribution >= 4 is 22.8 Å². The molecule has 1 amide bonds. The van der Waals surface area contributed by atoms with Crippen molar-refractivity contribution < 1.29 is 9.59 Å². The van der Waals surface area contributed by atoms with Crippen LogP contribution in [0, 0.1) is 0 Å². The molecular formula is C10H11NO2S. The van der Waals surface area contributed by atoms with E-state index in [0.717, 1.165) is 11.8 Å². The third kappa shape index (κ3) is 2.35. The molecule has 3 nitrogen and oxygen atoms in total. The van der Waals surface area contributed by atoms with E-state index in [1.54, 1.807) is 37.6 Å². The molecule has 0 bridgehead atoms. The SMILES string of the molecule is CNC(=O)c1ccc(C(=O)SC)cc1. The Morgan fingerprint density at radius 2 is 1.64 bits per heavy atom. The Labute approximate surface area is 86.9 Å². The predicted molar refractivity (Wildman–Crippen MR) is 57.7 cm³/mol. The molecule has 0 atom stereocenters. The van der Waals surface area contributed by atoms with Gasteiger partial charge in [0.1, 0.15) is 0 Å². The molecule has 1 aromatic rings. The zero-order chi connectivity index (χ0) is 10.6. The van der Waals surface area contributed by atoms with E-state index in [4.69, 9.17) is 0 Å². The second kappa shape index (κ2) is 4.81. The highest BCUT2D eigenvalue weighted by molar-refractivity contribution is 8.13. The van der Waals surface area contributed by atoms with Gasteiger partial charge in [0.2, 0.25) is 5.12 Å². The van der Waals surface area contributed by atoms with Crippen molar-refractivity contribution in [3.05, 3.63) is 35.4 Å². The highest BCUT2D eigenvalue weighted by Crippen LogP contribution is 2.10. The van der Waals surface area contributed by atoms with Gasteiger partial charge < -0.3 is 5.32 Å². The lowest BCUT2D eigenvalue weighted by Crippen LogP contribution is -2.17. The first-order chi connectivity index (χ1) is 6.69.